The van der Waals surface area contributed by atoms with Crippen molar-refractivity contribution in [3.63, 3.8) is 0 Å². The Labute approximate surface area is 107 Å². The summed E-state index contributed by atoms with van der Waals surface area (Å²) in [7, 11) is 0. The molecule has 3 nitrogen and oxygen atoms in total. The second-order valence-corrected chi connectivity index (χ2v) is 4.89. The quantitative estimate of drug-likeness (QED) is 0.899. The zero-order chi connectivity index (χ0) is 12.2. The lowest BCUT2D eigenvalue weighted by molar-refractivity contribution is 0.341. The third-order valence-electron chi connectivity index (χ3n) is 3.54. The van der Waals surface area contributed by atoms with E-state index in [0.717, 1.165) is 36.7 Å². The monoisotopic (exact) mass is 242 g/mol. The molecule has 1 fully saturated rings. The summed E-state index contributed by atoms with van der Waals surface area (Å²) >= 11 is 0. The first-order valence-corrected chi connectivity index (χ1v) is 6.62. The Morgan fingerprint density at radius 2 is 1.94 bits per heavy atom. The van der Waals surface area contributed by atoms with Crippen molar-refractivity contribution < 1.29 is 4.42 Å². The number of nitrogens with zero attached hydrogens (tertiary/aromatic N) is 1. The van der Waals surface area contributed by atoms with Crippen molar-refractivity contribution in [1.82, 2.24) is 10.3 Å². The molecule has 0 unspecified atom stereocenters. The number of rotatable bonds is 3. The molecular weight excluding hydrogens is 224 g/mol. The number of hydrogen-bond donors (Lipinski definition) is 1. The summed E-state index contributed by atoms with van der Waals surface area (Å²) in [4.78, 5) is 4.59. The van der Waals surface area contributed by atoms with Gasteiger partial charge in [-0.15, -0.1) is 0 Å². The zero-order valence-electron chi connectivity index (χ0n) is 10.4. The van der Waals surface area contributed by atoms with Gasteiger partial charge in [-0.05, 0) is 31.8 Å². The van der Waals surface area contributed by atoms with E-state index in [1.54, 1.807) is 6.26 Å². The SMILES string of the molecule is c1ccc(-c2coc(CC3CCNCC3)n2)cc1. The van der Waals surface area contributed by atoms with Gasteiger partial charge in [0, 0.05) is 12.0 Å². The highest BCUT2D eigenvalue weighted by molar-refractivity contribution is 5.57. The predicted octanol–water partition coefficient (Wildman–Crippen LogP) is 2.88. The molecule has 0 aliphatic carbocycles. The smallest absolute Gasteiger partial charge is 0.194 e. The maximum Gasteiger partial charge on any atom is 0.194 e. The molecule has 0 atom stereocenters. The van der Waals surface area contributed by atoms with E-state index in [1.807, 2.05) is 18.2 Å². The van der Waals surface area contributed by atoms with Crippen molar-refractivity contribution in [2.24, 2.45) is 5.92 Å². The Balaban J connectivity index is 1.69. The molecule has 3 rings (SSSR count). The normalized spacial score (nSPS) is 16.9. The lowest BCUT2D eigenvalue weighted by Crippen LogP contribution is -2.28. The Hall–Kier alpha value is -1.61. The highest BCUT2D eigenvalue weighted by Gasteiger charge is 2.16. The van der Waals surface area contributed by atoms with Crippen LogP contribution in [-0.4, -0.2) is 18.1 Å². The molecule has 94 valence electrons. The minimum Gasteiger partial charge on any atom is -0.448 e. The van der Waals surface area contributed by atoms with Crippen molar-refractivity contribution in [3.05, 3.63) is 42.5 Å². The maximum absolute atomic E-state index is 5.59. The fourth-order valence-corrected chi connectivity index (χ4v) is 2.48. The highest BCUT2D eigenvalue weighted by Crippen LogP contribution is 2.22. The molecule has 0 bridgehead atoms. The third-order valence-corrected chi connectivity index (χ3v) is 3.54. The molecule has 0 amide bonds. The van der Waals surface area contributed by atoms with Gasteiger partial charge in [-0.3, -0.25) is 0 Å². The van der Waals surface area contributed by atoms with Crippen LogP contribution in [0.4, 0.5) is 0 Å². The molecule has 1 aliphatic heterocycles. The molecule has 18 heavy (non-hydrogen) atoms. The second-order valence-electron chi connectivity index (χ2n) is 4.89. The van der Waals surface area contributed by atoms with Crippen LogP contribution < -0.4 is 5.32 Å². The third kappa shape index (κ3) is 2.62. The fourth-order valence-electron chi connectivity index (χ4n) is 2.48. The van der Waals surface area contributed by atoms with Crippen molar-refractivity contribution in [1.29, 1.82) is 0 Å². The Morgan fingerprint density at radius 3 is 2.72 bits per heavy atom. The zero-order valence-corrected chi connectivity index (χ0v) is 10.4. The summed E-state index contributed by atoms with van der Waals surface area (Å²) in [6.45, 7) is 2.24. The Bertz CT molecular complexity index is 486. The van der Waals surface area contributed by atoms with E-state index < -0.39 is 0 Å². The number of nitrogens with one attached hydrogen (secondary N) is 1. The average Bonchev–Trinajstić information content (AvgIpc) is 2.89. The Kier molecular flexibility index (Phi) is 3.42. The van der Waals surface area contributed by atoms with Crippen molar-refractivity contribution >= 4 is 0 Å². The fraction of sp³-hybridized carbons (Fsp3) is 0.400. The summed E-state index contributed by atoms with van der Waals surface area (Å²) in [6.07, 6.45) is 5.19. The van der Waals surface area contributed by atoms with E-state index in [1.165, 1.54) is 12.8 Å². The summed E-state index contributed by atoms with van der Waals surface area (Å²) < 4.78 is 5.59. The molecule has 3 heteroatoms. The van der Waals surface area contributed by atoms with E-state index in [2.05, 4.69) is 22.4 Å². The summed E-state index contributed by atoms with van der Waals surface area (Å²) in [5.74, 6) is 1.59. The molecule has 2 heterocycles. The topological polar surface area (TPSA) is 38.1 Å². The molecule has 1 N–H and O–H groups in total. The van der Waals surface area contributed by atoms with Gasteiger partial charge in [0.15, 0.2) is 5.89 Å². The second kappa shape index (κ2) is 5.36. The van der Waals surface area contributed by atoms with Gasteiger partial charge in [0.05, 0.1) is 0 Å². The van der Waals surface area contributed by atoms with Crippen LogP contribution in [0.25, 0.3) is 11.3 Å². The van der Waals surface area contributed by atoms with Gasteiger partial charge in [-0.1, -0.05) is 30.3 Å². The van der Waals surface area contributed by atoms with E-state index in [4.69, 9.17) is 4.42 Å². The molecule has 2 aromatic rings. The molecule has 1 aromatic heterocycles. The van der Waals surface area contributed by atoms with Gasteiger partial charge in [0.25, 0.3) is 0 Å². The number of piperidine rings is 1. The van der Waals surface area contributed by atoms with Gasteiger partial charge >= 0.3 is 0 Å². The molecule has 0 spiro atoms. The van der Waals surface area contributed by atoms with Crippen LogP contribution in [0.1, 0.15) is 18.7 Å². The van der Waals surface area contributed by atoms with Crippen molar-refractivity contribution in [2.45, 2.75) is 19.3 Å². The van der Waals surface area contributed by atoms with Crippen molar-refractivity contribution in [2.75, 3.05) is 13.1 Å². The van der Waals surface area contributed by atoms with Crippen molar-refractivity contribution in [3.8, 4) is 11.3 Å². The average molecular weight is 242 g/mol. The minimum atomic E-state index is 0.716. The van der Waals surface area contributed by atoms with E-state index in [9.17, 15) is 0 Å². The van der Waals surface area contributed by atoms with E-state index >= 15 is 0 Å². The number of benzene rings is 1. The molecule has 1 aromatic carbocycles. The number of aromatic nitrogens is 1. The van der Waals surface area contributed by atoms with Crippen LogP contribution in [0.3, 0.4) is 0 Å². The van der Waals surface area contributed by atoms with Gasteiger partial charge < -0.3 is 9.73 Å². The van der Waals surface area contributed by atoms with Gasteiger partial charge in [-0.25, -0.2) is 4.98 Å². The molecular formula is C15H18N2O. The predicted molar refractivity (Wildman–Crippen MR) is 71.2 cm³/mol. The summed E-state index contributed by atoms with van der Waals surface area (Å²) in [5.41, 5.74) is 2.07. The molecule has 0 radical (unpaired) electrons. The first-order valence-electron chi connectivity index (χ1n) is 6.62. The van der Waals surface area contributed by atoms with Crippen LogP contribution >= 0.6 is 0 Å². The lowest BCUT2D eigenvalue weighted by Gasteiger charge is -2.20. The van der Waals surface area contributed by atoms with Gasteiger partial charge in [0.1, 0.15) is 12.0 Å². The maximum atomic E-state index is 5.59. The van der Waals surface area contributed by atoms with Gasteiger partial charge in [-0.2, -0.15) is 0 Å². The van der Waals surface area contributed by atoms with Crippen LogP contribution in [0.5, 0.6) is 0 Å². The first kappa shape index (κ1) is 11.5. The van der Waals surface area contributed by atoms with E-state index in [-0.39, 0.29) is 0 Å². The molecule has 0 saturated carbocycles. The van der Waals surface area contributed by atoms with Crippen LogP contribution in [0, 0.1) is 5.92 Å². The standard InChI is InChI=1S/C15H18N2O/c1-2-4-13(5-3-1)14-11-18-15(17-14)10-12-6-8-16-9-7-12/h1-5,11-12,16H,6-10H2. The molecule has 1 saturated heterocycles. The largest absolute Gasteiger partial charge is 0.448 e. The molecule has 1 aliphatic rings. The first-order chi connectivity index (χ1) is 8.92. The summed E-state index contributed by atoms with van der Waals surface area (Å²) in [6, 6.07) is 10.2. The summed E-state index contributed by atoms with van der Waals surface area (Å²) in [5, 5.41) is 3.38. The van der Waals surface area contributed by atoms with E-state index in [0.29, 0.717) is 5.92 Å². The van der Waals surface area contributed by atoms with Gasteiger partial charge in [0.2, 0.25) is 0 Å². The lowest BCUT2D eigenvalue weighted by atomic mass is 9.95. The van der Waals surface area contributed by atoms with Crippen LogP contribution in [0.2, 0.25) is 0 Å². The number of hydrogen-bond acceptors (Lipinski definition) is 3. The number of oxazole rings is 1. The highest BCUT2D eigenvalue weighted by atomic mass is 16.3. The van der Waals surface area contributed by atoms with Crippen LogP contribution in [0.15, 0.2) is 41.0 Å². The van der Waals surface area contributed by atoms with Crippen LogP contribution in [-0.2, 0) is 6.42 Å². The minimum absolute atomic E-state index is 0.716. The Morgan fingerprint density at radius 1 is 1.17 bits per heavy atom.